The summed E-state index contributed by atoms with van der Waals surface area (Å²) in [6.07, 6.45) is 3.66. The Morgan fingerprint density at radius 3 is 0.923 bits per heavy atom. The molecule has 1 heteroatoms. The van der Waals surface area contributed by atoms with Crippen LogP contribution in [0.1, 0.15) is 123 Å². The standard InChI is InChI=1S/C25H53N/c1-20(2,3)16-23(10,11)19-26(24(12,13)17-21(4,5)6)25(14,15)18-22(7,8)9/h16-19H2,1-15H3. The average Bonchev–Trinajstić information content (AvgIpc) is 2.14. The van der Waals surface area contributed by atoms with E-state index in [0.717, 1.165) is 6.54 Å². The van der Waals surface area contributed by atoms with Crippen molar-refractivity contribution in [2.24, 2.45) is 21.7 Å². The van der Waals surface area contributed by atoms with Crippen LogP contribution in [0.2, 0.25) is 0 Å². The topological polar surface area (TPSA) is 3.24 Å². The zero-order valence-electron chi connectivity index (χ0n) is 21.3. The fourth-order valence-electron chi connectivity index (χ4n) is 5.95. The van der Waals surface area contributed by atoms with Crippen LogP contribution < -0.4 is 0 Å². The van der Waals surface area contributed by atoms with Gasteiger partial charge in [0.05, 0.1) is 0 Å². The summed E-state index contributed by atoms with van der Waals surface area (Å²) in [5, 5.41) is 0. The van der Waals surface area contributed by atoms with Crippen LogP contribution in [0.4, 0.5) is 0 Å². The molecule has 0 aliphatic carbocycles. The first kappa shape index (κ1) is 26.0. The molecule has 0 aliphatic rings. The van der Waals surface area contributed by atoms with Gasteiger partial charge >= 0.3 is 0 Å². The third-order valence-corrected chi connectivity index (χ3v) is 4.98. The Balaban J connectivity index is 5.89. The van der Waals surface area contributed by atoms with E-state index >= 15 is 0 Å². The fraction of sp³-hybridized carbons (Fsp3) is 1.00. The molecule has 158 valence electrons. The highest BCUT2D eigenvalue weighted by Crippen LogP contribution is 2.43. The maximum Gasteiger partial charge on any atom is 0.0163 e. The van der Waals surface area contributed by atoms with Gasteiger partial charge in [0.25, 0.3) is 0 Å². The monoisotopic (exact) mass is 367 g/mol. The Bertz CT molecular complexity index is 404. The first-order chi connectivity index (χ1) is 11.0. The van der Waals surface area contributed by atoms with Crippen molar-refractivity contribution >= 4 is 0 Å². The minimum Gasteiger partial charge on any atom is -0.293 e. The van der Waals surface area contributed by atoms with E-state index in [1.807, 2.05) is 0 Å². The predicted octanol–water partition coefficient (Wildman–Crippen LogP) is 8.18. The summed E-state index contributed by atoms with van der Waals surface area (Å²) >= 11 is 0. The lowest BCUT2D eigenvalue weighted by Gasteiger charge is -2.55. The van der Waals surface area contributed by atoms with Crippen molar-refractivity contribution in [3.05, 3.63) is 0 Å². The largest absolute Gasteiger partial charge is 0.293 e. The number of hydrogen-bond acceptors (Lipinski definition) is 1. The van der Waals surface area contributed by atoms with E-state index in [-0.39, 0.29) is 11.1 Å². The molecule has 0 bridgehead atoms. The van der Waals surface area contributed by atoms with Crippen molar-refractivity contribution in [1.29, 1.82) is 0 Å². The lowest BCUT2D eigenvalue weighted by molar-refractivity contribution is -0.0543. The van der Waals surface area contributed by atoms with Crippen LogP contribution >= 0.6 is 0 Å². The second-order valence-corrected chi connectivity index (χ2v) is 14.6. The summed E-state index contributed by atoms with van der Waals surface area (Å²) in [7, 11) is 0. The maximum absolute atomic E-state index is 2.85. The van der Waals surface area contributed by atoms with E-state index in [2.05, 4.69) is 109 Å². The van der Waals surface area contributed by atoms with E-state index in [1.54, 1.807) is 0 Å². The third-order valence-electron chi connectivity index (χ3n) is 4.98. The first-order valence-electron chi connectivity index (χ1n) is 10.7. The van der Waals surface area contributed by atoms with Crippen LogP contribution in [0.3, 0.4) is 0 Å². The van der Waals surface area contributed by atoms with Gasteiger partial charge in [0.15, 0.2) is 0 Å². The summed E-state index contributed by atoms with van der Waals surface area (Å²) in [5.41, 5.74) is 1.64. The van der Waals surface area contributed by atoms with Crippen LogP contribution in [-0.2, 0) is 0 Å². The average molecular weight is 368 g/mol. The van der Waals surface area contributed by atoms with E-state index < -0.39 is 0 Å². The first-order valence-corrected chi connectivity index (χ1v) is 10.7. The predicted molar refractivity (Wildman–Crippen MR) is 121 cm³/mol. The van der Waals surface area contributed by atoms with Gasteiger partial charge in [-0.05, 0) is 68.6 Å². The van der Waals surface area contributed by atoms with Gasteiger partial charge in [-0.2, -0.15) is 0 Å². The van der Waals surface area contributed by atoms with Crippen LogP contribution in [0.15, 0.2) is 0 Å². The molecular weight excluding hydrogens is 314 g/mol. The molecule has 0 amide bonds. The molecule has 0 aromatic heterocycles. The molecule has 0 aliphatic heterocycles. The smallest absolute Gasteiger partial charge is 0.0163 e. The summed E-state index contributed by atoms with van der Waals surface area (Å²) in [4.78, 5) is 2.85. The van der Waals surface area contributed by atoms with Crippen molar-refractivity contribution in [2.45, 2.75) is 134 Å². The Hall–Kier alpha value is -0.0400. The third kappa shape index (κ3) is 10.3. The molecule has 0 saturated heterocycles. The van der Waals surface area contributed by atoms with Gasteiger partial charge in [0.2, 0.25) is 0 Å². The zero-order valence-corrected chi connectivity index (χ0v) is 21.3. The molecule has 0 N–H and O–H groups in total. The Labute approximate surface area is 167 Å². The number of rotatable bonds is 7. The molecule has 0 aromatic carbocycles. The number of nitrogens with zero attached hydrogens (tertiary/aromatic N) is 1. The molecule has 0 atom stereocenters. The normalized spacial score (nSPS) is 15.7. The Kier molecular flexibility index (Phi) is 7.75. The minimum atomic E-state index is 0.169. The van der Waals surface area contributed by atoms with Crippen molar-refractivity contribution in [1.82, 2.24) is 4.90 Å². The maximum atomic E-state index is 2.85. The molecule has 0 radical (unpaired) electrons. The minimum absolute atomic E-state index is 0.169. The van der Waals surface area contributed by atoms with E-state index in [4.69, 9.17) is 0 Å². The molecule has 0 spiro atoms. The SMILES string of the molecule is CC(C)(C)CC(C)(C)CN(C(C)(C)CC(C)(C)C)C(C)(C)CC(C)(C)C. The van der Waals surface area contributed by atoms with E-state index in [9.17, 15) is 0 Å². The van der Waals surface area contributed by atoms with Gasteiger partial charge in [0.1, 0.15) is 0 Å². The molecule has 1 nitrogen and oxygen atoms in total. The fourth-order valence-corrected chi connectivity index (χ4v) is 5.95. The summed E-state index contributed by atoms with van der Waals surface area (Å²) in [5.74, 6) is 0. The summed E-state index contributed by atoms with van der Waals surface area (Å²) in [6, 6.07) is 0. The molecule has 0 saturated carbocycles. The van der Waals surface area contributed by atoms with Gasteiger partial charge in [-0.1, -0.05) is 76.2 Å². The highest BCUT2D eigenvalue weighted by atomic mass is 15.3. The Morgan fingerprint density at radius 1 is 0.423 bits per heavy atom. The van der Waals surface area contributed by atoms with Crippen molar-refractivity contribution in [3.63, 3.8) is 0 Å². The lowest BCUT2D eigenvalue weighted by atomic mass is 9.71. The molecule has 0 unspecified atom stereocenters. The van der Waals surface area contributed by atoms with Crippen LogP contribution in [0.25, 0.3) is 0 Å². The second-order valence-electron chi connectivity index (χ2n) is 14.6. The van der Waals surface area contributed by atoms with E-state index in [0.29, 0.717) is 21.7 Å². The van der Waals surface area contributed by atoms with Crippen LogP contribution in [-0.4, -0.2) is 22.5 Å². The van der Waals surface area contributed by atoms with Crippen molar-refractivity contribution < 1.29 is 0 Å². The highest BCUT2D eigenvalue weighted by Gasteiger charge is 2.44. The molecule has 0 heterocycles. The second kappa shape index (κ2) is 7.76. The zero-order chi connectivity index (χ0) is 21.4. The quantitative estimate of drug-likeness (QED) is 0.438. The summed E-state index contributed by atoms with van der Waals surface area (Å²) < 4.78 is 0. The highest BCUT2D eigenvalue weighted by molar-refractivity contribution is 4.98. The van der Waals surface area contributed by atoms with Gasteiger partial charge in [-0.15, -0.1) is 0 Å². The molecular formula is C25H53N. The Morgan fingerprint density at radius 2 is 0.692 bits per heavy atom. The van der Waals surface area contributed by atoms with Crippen LogP contribution in [0.5, 0.6) is 0 Å². The molecule has 0 rings (SSSR count). The lowest BCUT2D eigenvalue weighted by Crippen LogP contribution is -2.60. The summed E-state index contributed by atoms with van der Waals surface area (Å²) in [6.45, 7) is 37.3. The van der Waals surface area contributed by atoms with Gasteiger partial charge in [-0.25, -0.2) is 0 Å². The van der Waals surface area contributed by atoms with Crippen molar-refractivity contribution in [3.8, 4) is 0 Å². The molecule has 0 fully saturated rings. The number of hydrogen-bond donors (Lipinski definition) is 0. The van der Waals surface area contributed by atoms with E-state index in [1.165, 1.54) is 19.3 Å². The van der Waals surface area contributed by atoms with Crippen LogP contribution in [0, 0.1) is 21.7 Å². The molecule has 0 aromatic rings. The molecule has 26 heavy (non-hydrogen) atoms. The van der Waals surface area contributed by atoms with Gasteiger partial charge in [0, 0.05) is 17.6 Å². The van der Waals surface area contributed by atoms with Gasteiger partial charge in [-0.3, -0.25) is 4.90 Å². The van der Waals surface area contributed by atoms with Crippen molar-refractivity contribution in [2.75, 3.05) is 6.54 Å². The van der Waals surface area contributed by atoms with Gasteiger partial charge < -0.3 is 0 Å².